The van der Waals surface area contributed by atoms with Crippen LogP contribution in [0.25, 0.3) is 11.4 Å². The van der Waals surface area contributed by atoms with Crippen molar-refractivity contribution < 1.29 is 0 Å². The topological polar surface area (TPSA) is 53.9 Å². The number of anilines is 1. The first-order chi connectivity index (χ1) is 10.2. The van der Waals surface area contributed by atoms with Crippen molar-refractivity contribution in [3.63, 3.8) is 0 Å². The maximum Gasteiger partial charge on any atom is 0.134 e. The molecule has 0 spiro atoms. The number of nitrogens with zero attached hydrogens (tertiary/aromatic N) is 4. The summed E-state index contributed by atoms with van der Waals surface area (Å²) in [6.07, 6.45) is 1.80. The number of hydrogen-bond donors (Lipinski definition) is 1. The van der Waals surface area contributed by atoms with Crippen molar-refractivity contribution in [2.45, 2.75) is 19.8 Å². The summed E-state index contributed by atoms with van der Waals surface area (Å²) in [5, 5.41) is 3.37. The molecule has 3 heterocycles. The lowest BCUT2D eigenvalue weighted by molar-refractivity contribution is 0.582. The summed E-state index contributed by atoms with van der Waals surface area (Å²) in [5.74, 6) is 2.19. The van der Waals surface area contributed by atoms with Gasteiger partial charge in [-0.15, -0.1) is 0 Å². The molecule has 2 aromatic heterocycles. The lowest BCUT2D eigenvalue weighted by Crippen LogP contribution is -2.44. The first-order valence-electron chi connectivity index (χ1n) is 7.50. The molecule has 0 aliphatic carbocycles. The maximum absolute atomic E-state index is 4.74. The Balaban J connectivity index is 2.01. The van der Waals surface area contributed by atoms with Gasteiger partial charge in [-0.3, -0.25) is 4.98 Å². The number of piperazine rings is 1. The Morgan fingerprint density at radius 3 is 2.57 bits per heavy atom. The molecular weight excluding hydrogens is 262 g/mol. The fourth-order valence-electron chi connectivity index (χ4n) is 2.41. The molecule has 1 N–H and O–H groups in total. The van der Waals surface area contributed by atoms with Gasteiger partial charge < -0.3 is 10.2 Å². The van der Waals surface area contributed by atoms with Crippen molar-refractivity contribution in [2.75, 3.05) is 31.1 Å². The average Bonchev–Trinajstić information content (AvgIpc) is 2.56. The summed E-state index contributed by atoms with van der Waals surface area (Å²) in [6, 6.07) is 7.96. The van der Waals surface area contributed by atoms with Crippen LogP contribution in [0.5, 0.6) is 0 Å². The molecule has 0 saturated carbocycles. The highest BCUT2D eigenvalue weighted by atomic mass is 15.2. The standard InChI is InChI=1S/C16H21N5/c1-12(2)16-19-14(13-5-3-4-6-18-13)11-15(20-16)21-9-7-17-8-10-21/h3-6,11-12,17H,7-10H2,1-2H3. The highest BCUT2D eigenvalue weighted by Gasteiger charge is 2.16. The van der Waals surface area contributed by atoms with E-state index >= 15 is 0 Å². The Morgan fingerprint density at radius 1 is 1.10 bits per heavy atom. The van der Waals surface area contributed by atoms with E-state index in [-0.39, 0.29) is 0 Å². The van der Waals surface area contributed by atoms with E-state index in [9.17, 15) is 0 Å². The molecule has 3 rings (SSSR count). The van der Waals surface area contributed by atoms with Crippen molar-refractivity contribution >= 4 is 5.82 Å². The van der Waals surface area contributed by atoms with Crippen molar-refractivity contribution in [1.82, 2.24) is 20.3 Å². The molecule has 0 bridgehead atoms. The molecular formula is C16H21N5. The molecule has 5 heteroatoms. The number of aromatic nitrogens is 3. The molecule has 0 aromatic carbocycles. The quantitative estimate of drug-likeness (QED) is 0.934. The lowest BCUT2D eigenvalue weighted by atomic mass is 10.2. The van der Waals surface area contributed by atoms with Crippen LogP contribution in [-0.2, 0) is 0 Å². The largest absolute Gasteiger partial charge is 0.354 e. The monoisotopic (exact) mass is 283 g/mol. The predicted octanol–water partition coefficient (Wildman–Crippen LogP) is 2.07. The Kier molecular flexibility index (Phi) is 4.10. The molecule has 1 aliphatic heterocycles. The van der Waals surface area contributed by atoms with Crippen molar-refractivity contribution in [1.29, 1.82) is 0 Å². The van der Waals surface area contributed by atoms with E-state index in [0.29, 0.717) is 5.92 Å². The van der Waals surface area contributed by atoms with Crippen molar-refractivity contribution in [3.8, 4) is 11.4 Å². The van der Waals surface area contributed by atoms with E-state index in [1.165, 1.54) is 0 Å². The van der Waals surface area contributed by atoms with E-state index in [1.54, 1.807) is 6.20 Å². The normalized spacial score (nSPS) is 15.5. The maximum atomic E-state index is 4.74. The van der Waals surface area contributed by atoms with Gasteiger partial charge in [-0.25, -0.2) is 9.97 Å². The smallest absolute Gasteiger partial charge is 0.134 e. The minimum Gasteiger partial charge on any atom is -0.354 e. The van der Waals surface area contributed by atoms with Gasteiger partial charge in [0.2, 0.25) is 0 Å². The number of rotatable bonds is 3. The molecule has 110 valence electrons. The van der Waals surface area contributed by atoms with Crippen molar-refractivity contribution in [2.24, 2.45) is 0 Å². The van der Waals surface area contributed by atoms with Gasteiger partial charge in [-0.05, 0) is 12.1 Å². The second kappa shape index (κ2) is 6.18. The summed E-state index contributed by atoms with van der Waals surface area (Å²) < 4.78 is 0. The third-order valence-electron chi connectivity index (χ3n) is 3.61. The zero-order valence-electron chi connectivity index (χ0n) is 12.6. The first kappa shape index (κ1) is 13.9. The van der Waals surface area contributed by atoms with E-state index in [2.05, 4.69) is 40.1 Å². The molecule has 1 saturated heterocycles. The van der Waals surface area contributed by atoms with Crippen LogP contribution in [0.4, 0.5) is 5.82 Å². The third kappa shape index (κ3) is 3.19. The van der Waals surface area contributed by atoms with Crippen LogP contribution < -0.4 is 10.2 Å². The van der Waals surface area contributed by atoms with Gasteiger partial charge in [-0.1, -0.05) is 19.9 Å². The summed E-state index contributed by atoms with van der Waals surface area (Å²) in [6.45, 7) is 8.21. The second-order valence-electron chi connectivity index (χ2n) is 5.58. The fraction of sp³-hybridized carbons (Fsp3) is 0.438. The molecule has 0 amide bonds. The minimum absolute atomic E-state index is 0.301. The highest BCUT2D eigenvalue weighted by molar-refractivity contribution is 5.59. The predicted molar refractivity (Wildman–Crippen MR) is 84.4 cm³/mol. The Morgan fingerprint density at radius 2 is 1.90 bits per heavy atom. The summed E-state index contributed by atoms with van der Waals surface area (Å²) in [7, 11) is 0. The van der Waals surface area contributed by atoms with Gasteiger partial charge >= 0.3 is 0 Å². The van der Waals surface area contributed by atoms with Gasteiger partial charge in [0.1, 0.15) is 11.6 Å². The molecule has 2 aromatic rings. The second-order valence-corrected chi connectivity index (χ2v) is 5.58. The Hall–Kier alpha value is -2.01. The fourth-order valence-corrected chi connectivity index (χ4v) is 2.41. The average molecular weight is 283 g/mol. The summed E-state index contributed by atoms with van der Waals surface area (Å²) in [4.78, 5) is 16.2. The van der Waals surface area contributed by atoms with Crippen LogP contribution in [0, 0.1) is 0 Å². The van der Waals surface area contributed by atoms with E-state index < -0.39 is 0 Å². The number of pyridine rings is 1. The van der Waals surface area contributed by atoms with E-state index in [1.807, 2.05) is 18.2 Å². The molecule has 1 fully saturated rings. The van der Waals surface area contributed by atoms with Gasteiger partial charge in [0, 0.05) is 44.4 Å². The summed E-state index contributed by atoms with van der Waals surface area (Å²) >= 11 is 0. The zero-order chi connectivity index (χ0) is 14.7. The van der Waals surface area contributed by atoms with Gasteiger partial charge in [-0.2, -0.15) is 0 Å². The van der Waals surface area contributed by atoms with Crippen LogP contribution in [0.2, 0.25) is 0 Å². The zero-order valence-corrected chi connectivity index (χ0v) is 12.6. The van der Waals surface area contributed by atoms with Gasteiger partial charge in [0.05, 0.1) is 11.4 Å². The van der Waals surface area contributed by atoms with E-state index in [0.717, 1.165) is 49.2 Å². The highest BCUT2D eigenvalue weighted by Crippen LogP contribution is 2.23. The number of nitrogens with one attached hydrogen (secondary N) is 1. The molecule has 0 radical (unpaired) electrons. The van der Waals surface area contributed by atoms with Crippen LogP contribution in [0.3, 0.4) is 0 Å². The summed E-state index contributed by atoms with van der Waals surface area (Å²) in [5.41, 5.74) is 1.81. The lowest BCUT2D eigenvalue weighted by Gasteiger charge is -2.29. The Bertz CT molecular complexity index is 591. The molecule has 5 nitrogen and oxygen atoms in total. The van der Waals surface area contributed by atoms with Gasteiger partial charge in [0.15, 0.2) is 0 Å². The molecule has 0 unspecified atom stereocenters. The SMILES string of the molecule is CC(C)c1nc(-c2ccccn2)cc(N2CCNCC2)n1. The van der Waals surface area contributed by atoms with Gasteiger partial charge in [0.25, 0.3) is 0 Å². The molecule has 0 atom stereocenters. The van der Waals surface area contributed by atoms with Crippen LogP contribution >= 0.6 is 0 Å². The third-order valence-corrected chi connectivity index (χ3v) is 3.61. The van der Waals surface area contributed by atoms with Crippen LogP contribution in [0.1, 0.15) is 25.6 Å². The first-order valence-corrected chi connectivity index (χ1v) is 7.50. The minimum atomic E-state index is 0.301. The van der Waals surface area contributed by atoms with Crippen molar-refractivity contribution in [3.05, 3.63) is 36.3 Å². The number of hydrogen-bond acceptors (Lipinski definition) is 5. The Labute approximate surface area is 125 Å². The van der Waals surface area contributed by atoms with Crippen LogP contribution in [-0.4, -0.2) is 41.1 Å². The van der Waals surface area contributed by atoms with E-state index in [4.69, 9.17) is 4.98 Å². The van der Waals surface area contributed by atoms with Crippen LogP contribution in [0.15, 0.2) is 30.5 Å². The molecule has 21 heavy (non-hydrogen) atoms. The molecule has 1 aliphatic rings.